The molecule has 1 unspecified atom stereocenters. The maximum absolute atomic E-state index is 12.3. The van der Waals surface area contributed by atoms with Crippen LogP contribution in [0.3, 0.4) is 0 Å². The maximum atomic E-state index is 12.3. The monoisotopic (exact) mass is 493 g/mol. The normalized spacial score (nSPS) is 17.3. The number of carbonyl (C=O) groups excluding carboxylic acids is 1. The summed E-state index contributed by atoms with van der Waals surface area (Å²) >= 11 is 0. The smallest absolute Gasteiger partial charge is 0.246 e. The highest BCUT2D eigenvalue weighted by molar-refractivity contribution is 5.98. The Balaban J connectivity index is 1.30. The Bertz CT molecular complexity index is 1490. The number of amides is 1. The van der Waals surface area contributed by atoms with Gasteiger partial charge >= 0.3 is 0 Å². The van der Waals surface area contributed by atoms with Crippen molar-refractivity contribution in [2.75, 3.05) is 30.3 Å². The van der Waals surface area contributed by atoms with Crippen LogP contribution in [0, 0.1) is 6.92 Å². The molecule has 8 nitrogen and oxygen atoms in total. The first-order chi connectivity index (χ1) is 18.0. The summed E-state index contributed by atoms with van der Waals surface area (Å²) in [5, 5.41) is 5.75. The van der Waals surface area contributed by atoms with Crippen molar-refractivity contribution in [2.24, 2.45) is 0 Å². The second-order valence-electron chi connectivity index (χ2n) is 9.98. The molecule has 0 radical (unpaired) electrons. The molecule has 8 heteroatoms. The van der Waals surface area contributed by atoms with Crippen molar-refractivity contribution >= 4 is 28.4 Å². The minimum atomic E-state index is -0.0538. The highest BCUT2D eigenvalue weighted by Crippen LogP contribution is 2.35. The van der Waals surface area contributed by atoms with Crippen LogP contribution in [-0.2, 0) is 17.8 Å². The van der Waals surface area contributed by atoms with Crippen LogP contribution >= 0.6 is 0 Å². The van der Waals surface area contributed by atoms with E-state index in [1.165, 1.54) is 34.8 Å². The number of nitrogens with zero attached hydrogens (tertiary/aromatic N) is 6. The fourth-order valence-electron chi connectivity index (χ4n) is 5.76. The summed E-state index contributed by atoms with van der Waals surface area (Å²) in [6, 6.07) is 15.1. The molecule has 2 aliphatic heterocycles. The fraction of sp³-hybridized carbons (Fsp3) is 0.310. The van der Waals surface area contributed by atoms with Gasteiger partial charge in [0.2, 0.25) is 5.91 Å². The van der Waals surface area contributed by atoms with E-state index >= 15 is 0 Å². The minimum absolute atomic E-state index is 0.0150. The van der Waals surface area contributed by atoms with Gasteiger partial charge in [-0.2, -0.15) is 5.10 Å². The number of nitrogen functional groups attached to an aromatic ring is 1. The van der Waals surface area contributed by atoms with Crippen LogP contribution in [0.25, 0.3) is 22.3 Å². The predicted molar refractivity (Wildman–Crippen MR) is 146 cm³/mol. The lowest BCUT2D eigenvalue weighted by molar-refractivity contribution is -0.127. The van der Waals surface area contributed by atoms with Gasteiger partial charge in [0, 0.05) is 37.4 Å². The first-order valence-corrected chi connectivity index (χ1v) is 12.9. The van der Waals surface area contributed by atoms with Gasteiger partial charge in [0.1, 0.15) is 17.8 Å². The van der Waals surface area contributed by atoms with Gasteiger partial charge in [-0.3, -0.25) is 4.79 Å². The molecule has 1 fully saturated rings. The van der Waals surface area contributed by atoms with Gasteiger partial charge < -0.3 is 15.5 Å². The molecular weight excluding hydrogens is 462 g/mol. The number of nitrogens with two attached hydrogens (primary N) is 1. The molecule has 2 N–H and O–H groups in total. The third-order valence-electron chi connectivity index (χ3n) is 7.71. The highest BCUT2D eigenvalue weighted by Gasteiger charge is 2.28. The summed E-state index contributed by atoms with van der Waals surface area (Å²) in [5.74, 6) is 0.358. The average molecular weight is 494 g/mol. The van der Waals surface area contributed by atoms with Crippen LogP contribution in [0.1, 0.15) is 35.6 Å². The maximum Gasteiger partial charge on any atom is 0.246 e. The molecule has 1 saturated heterocycles. The molecular formula is C29H31N7O. The number of anilines is 2. The highest BCUT2D eigenvalue weighted by atomic mass is 16.2. The zero-order valence-electron chi connectivity index (χ0n) is 21.1. The predicted octanol–water partition coefficient (Wildman–Crippen LogP) is 4.30. The Labute approximate surface area is 216 Å². The molecule has 4 aromatic rings. The third kappa shape index (κ3) is 4.12. The fourth-order valence-corrected chi connectivity index (χ4v) is 5.76. The third-order valence-corrected chi connectivity index (χ3v) is 7.71. The Morgan fingerprint density at radius 3 is 2.81 bits per heavy atom. The SMILES string of the molecule is C=CC(=O)N1CCCC(n2nc(-c3ccc(CN4CCc5c(C)cccc54)cc3)c3c(N)ncnc32)C1. The van der Waals surface area contributed by atoms with Crippen LogP contribution in [0.5, 0.6) is 0 Å². The van der Waals surface area contributed by atoms with Crippen LogP contribution in [0.4, 0.5) is 11.5 Å². The van der Waals surface area contributed by atoms with Gasteiger partial charge in [0.05, 0.1) is 11.4 Å². The van der Waals surface area contributed by atoms with Crippen LogP contribution in [0.15, 0.2) is 61.4 Å². The average Bonchev–Trinajstić information content (AvgIpc) is 3.52. The zero-order valence-corrected chi connectivity index (χ0v) is 21.1. The van der Waals surface area contributed by atoms with Crippen molar-refractivity contribution in [3.05, 3.63) is 78.1 Å². The van der Waals surface area contributed by atoms with E-state index < -0.39 is 0 Å². The number of rotatable bonds is 5. The number of benzene rings is 2. The topological polar surface area (TPSA) is 93.2 Å². The molecule has 1 atom stereocenters. The number of aryl methyl sites for hydroxylation is 1. The van der Waals surface area contributed by atoms with Gasteiger partial charge in [-0.15, -0.1) is 0 Å². The summed E-state index contributed by atoms with van der Waals surface area (Å²) in [6.07, 6.45) is 5.76. The van der Waals surface area contributed by atoms with Crippen molar-refractivity contribution < 1.29 is 4.79 Å². The van der Waals surface area contributed by atoms with Crippen LogP contribution in [-0.4, -0.2) is 50.2 Å². The quantitative estimate of drug-likeness (QED) is 0.417. The largest absolute Gasteiger partial charge is 0.383 e. The number of piperidine rings is 1. The van der Waals surface area contributed by atoms with Crippen molar-refractivity contribution in [3.63, 3.8) is 0 Å². The van der Waals surface area contributed by atoms with Gasteiger partial charge in [-0.1, -0.05) is 43.0 Å². The van der Waals surface area contributed by atoms with E-state index in [4.69, 9.17) is 10.8 Å². The molecule has 4 heterocycles. The molecule has 2 aromatic heterocycles. The first kappa shape index (κ1) is 23.2. The van der Waals surface area contributed by atoms with E-state index in [1.807, 2.05) is 9.58 Å². The molecule has 6 rings (SSSR count). The number of carbonyl (C=O) groups is 1. The second kappa shape index (κ2) is 9.35. The lowest BCUT2D eigenvalue weighted by Crippen LogP contribution is -2.40. The van der Waals surface area contributed by atoms with E-state index in [0.717, 1.165) is 55.5 Å². The van der Waals surface area contributed by atoms with Gasteiger partial charge in [0.25, 0.3) is 0 Å². The summed E-state index contributed by atoms with van der Waals surface area (Å²) < 4.78 is 1.93. The van der Waals surface area contributed by atoms with Gasteiger partial charge in [-0.05, 0) is 55.0 Å². The molecule has 0 bridgehead atoms. The van der Waals surface area contributed by atoms with E-state index in [2.05, 4.69) is 70.8 Å². The number of aromatic nitrogens is 4. The number of hydrogen-bond acceptors (Lipinski definition) is 6. The van der Waals surface area contributed by atoms with Crippen molar-refractivity contribution in [1.29, 1.82) is 0 Å². The number of hydrogen-bond donors (Lipinski definition) is 1. The summed E-state index contributed by atoms with van der Waals surface area (Å²) in [6.45, 7) is 9.04. The summed E-state index contributed by atoms with van der Waals surface area (Å²) in [7, 11) is 0. The summed E-state index contributed by atoms with van der Waals surface area (Å²) in [4.78, 5) is 25.3. The molecule has 37 heavy (non-hydrogen) atoms. The Kier molecular flexibility index (Phi) is 5.87. The molecule has 188 valence electrons. The zero-order chi connectivity index (χ0) is 25.5. The molecule has 0 saturated carbocycles. The molecule has 0 spiro atoms. The molecule has 2 aliphatic rings. The molecule has 2 aromatic carbocycles. The standard InChI is InChI=1S/C29H31N7O/c1-3-25(37)35-14-5-7-22(17-35)36-29-26(28(30)31-18-32-29)27(33-36)21-11-9-20(10-12-21)16-34-15-13-23-19(2)6-4-8-24(23)34/h3-4,6,8-12,18,22H,1,5,7,13-17H2,2H3,(H2,30,31,32). The van der Waals surface area contributed by atoms with E-state index in [1.54, 1.807) is 0 Å². The first-order valence-electron chi connectivity index (χ1n) is 12.9. The second-order valence-corrected chi connectivity index (χ2v) is 9.98. The Morgan fingerprint density at radius 2 is 2.00 bits per heavy atom. The lowest BCUT2D eigenvalue weighted by Gasteiger charge is -2.32. The number of likely N-dealkylation sites (tertiary alicyclic amines) is 1. The Morgan fingerprint density at radius 1 is 1.16 bits per heavy atom. The lowest BCUT2D eigenvalue weighted by atomic mass is 10.1. The van der Waals surface area contributed by atoms with Gasteiger partial charge in [-0.25, -0.2) is 14.6 Å². The molecule has 1 amide bonds. The van der Waals surface area contributed by atoms with E-state index in [0.29, 0.717) is 18.0 Å². The Hall–Kier alpha value is -4.20. The van der Waals surface area contributed by atoms with Crippen molar-refractivity contribution in [3.8, 4) is 11.3 Å². The van der Waals surface area contributed by atoms with E-state index in [9.17, 15) is 4.79 Å². The molecule has 0 aliphatic carbocycles. The van der Waals surface area contributed by atoms with Gasteiger partial charge in [0.15, 0.2) is 5.65 Å². The van der Waals surface area contributed by atoms with Crippen LogP contribution < -0.4 is 10.6 Å². The van der Waals surface area contributed by atoms with E-state index in [-0.39, 0.29) is 11.9 Å². The van der Waals surface area contributed by atoms with Crippen LogP contribution in [0.2, 0.25) is 0 Å². The number of fused-ring (bicyclic) bond motifs is 2. The summed E-state index contributed by atoms with van der Waals surface area (Å²) in [5.41, 5.74) is 14.2. The van der Waals surface area contributed by atoms with Crippen molar-refractivity contribution in [1.82, 2.24) is 24.6 Å². The minimum Gasteiger partial charge on any atom is -0.383 e. The van der Waals surface area contributed by atoms with Crippen molar-refractivity contribution in [2.45, 2.75) is 38.8 Å².